The number of para-hydroxylation sites is 1. The molecule has 2 unspecified atom stereocenters. The zero-order valence-corrected chi connectivity index (χ0v) is 43.3. The predicted octanol–water partition coefficient (Wildman–Crippen LogP) is 9.47. The summed E-state index contributed by atoms with van der Waals surface area (Å²) in [4.78, 5) is 33.9. The first kappa shape index (κ1) is 51.7. The van der Waals surface area contributed by atoms with Crippen molar-refractivity contribution >= 4 is 67.1 Å². The molecule has 73 heavy (non-hydrogen) atoms. The van der Waals surface area contributed by atoms with Crippen LogP contribution in [0.4, 0.5) is 21.0 Å². The molecule has 0 fully saturated rings. The lowest BCUT2D eigenvalue weighted by Crippen LogP contribution is -2.34. The highest BCUT2D eigenvalue weighted by molar-refractivity contribution is 7.91. The van der Waals surface area contributed by atoms with E-state index in [1.165, 1.54) is 21.4 Å². The fourth-order valence-electron chi connectivity index (χ4n) is 8.38. The van der Waals surface area contributed by atoms with Gasteiger partial charge in [0.2, 0.25) is 11.8 Å². The molecule has 4 amide bonds. The van der Waals surface area contributed by atoms with Gasteiger partial charge in [-0.2, -0.15) is 14.4 Å². The first-order valence-corrected chi connectivity index (χ1v) is 26.4. The average Bonchev–Trinajstić information content (AvgIpc) is 4.25. The van der Waals surface area contributed by atoms with Gasteiger partial charge in [0.1, 0.15) is 11.0 Å². The van der Waals surface area contributed by atoms with Crippen LogP contribution in [0.5, 0.6) is 11.8 Å². The van der Waals surface area contributed by atoms with Crippen molar-refractivity contribution in [2.45, 2.75) is 88.4 Å². The van der Waals surface area contributed by atoms with E-state index < -0.39 is 33.0 Å². The predicted molar refractivity (Wildman–Crippen MR) is 280 cm³/mol. The lowest BCUT2D eigenvalue weighted by Gasteiger charge is -2.17. The number of benzene rings is 3. The van der Waals surface area contributed by atoms with E-state index in [-0.39, 0.29) is 17.1 Å². The number of hydrogen-bond donors (Lipinski definition) is 5. The van der Waals surface area contributed by atoms with Gasteiger partial charge in [0.15, 0.2) is 31.0 Å². The van der Waals surface area contributed by atoms with E-state index >= 15 is 0 Å². The minimum Gasteiger partial charge on any atom is -0.481 e. The molecular formula is C50H55ClN14O6S2. The average molecular weight is 1050 g/mol. The highest BCUT2D eigenvalue weighted by Gasteiger charge is 2.25. The zero-order chi connectivity index (χ0) is 51.8. The number of urea groups is 2. The lowest BCUT2D eigenvalue weighted by atomic mass is 9.98. The largest absolute Gasteiger partial charge is 0.481 e. The van der Waals surface area contributed by atoms with Crippen LogP contribution < -0.4 is 29.6 Å². The second-order valence-electron chi connectivity index (χ2n) is 17.5. The molecule has 10 rings (SSSR count). The van der Waals surface area contributed by atoms with E-state index in [1.54, 1.807) is 60.5 Å². The maximum Gasteiger partial charge on any atom is 0.332 e. The molecule has 0 bridgehead atoms. The fourth-order valence-corrected chi connectivity index (χ4v) is 10.1. The third-order valence-corrected chi connectivity index (χ3v) is 14.5. The summed E-state index contributed by atoms with van der Waals surface area (Å²) in [6.45, 7) is 7.81. The van der Waals surface area contributed by atoms with Crippen molar-refractivity contribution in [2.24, 2.45) is 0 Å². The Balaban J connectivity index is 0.000000163. The van der Waals surface area contributed by atoms with E-state index in [4.69, 9.17) is 26.0 Å². The summed E-state index contributed by atoms with van der Waals surface area (Å²) in [7, 11) is -2.26. The molecule has 3 aromatic carbocycles. The van der Waals surface area contributed by atoms with Crippen LogP contribution in [0.2, 0.25) is 0 Å². The van der Waals surface area contributed by atoms with Crippen molar-refractivity contribution in [3.63, 3.8) is 0 Å². The van der Waals surface area contributed by atoms with Gasteiger partial charge in [-0.05, 0) is 141 Å². The van der Waals surface area contributed by atoms with Gasteiger partial charge in [-0.3, -0.25) is 14.1 Å². The molecule has 23 heteroatoms. The maximum absolute atomic E-state index is 12.9. The van der Waals surface area contributed by atoms with Crippen LogP contribution in [0.3, 0.4) is 0 Å². The van der Waals surface area contributed by atoms with Crippen LogP contribution in [-0.4, -0.2) is 78.7 Å². The highest BCUT2D eigenvalue weighted by atomic mass is 35.5. The number of pyridine rings is 2. The molecule has 5 aromatic heterocycles. The quantitative estimate of drug-likeness (QED) is 0.0767. The van der Waals surface area contributed by atoms with Crippen LogP contribution in [0, 0.1) is 4.78 Å². The Kier molecular flexibility index (Phi) is 16.1. The number of carbonyl (C=O) groups is 2. The minimum absolute atomic E-state index is 0.0127. The second-order valence-corrected chi connectivity index (χ2v) is 20.7. The Bertz CT molecular complexity index is 3430. The number of hydrogen-bond acceptors (Lipinski definition) is 13. The van der Waals surface area contributed by atoms with E-state index in [2.05, 4.69) is 62.7 Å². The van der Waals surface area contributed by atoms with Crippen LogP contribution in [-0.2, 0) is 46.6 Å². The third kappa shape index (κ3) is 12.2. The van der Waals surface area contributed by atoms with Crippen LogP contribution in [0.15, 0.2) is 120 Å². The number of rotatable bonds is 12. The van der Waals surface area contributed by atoms with Crippen LogP contribution >= 0.6 is 11.8 Å². The smallest absolute Gasteiger partial charge is 0.332 e. The Morgan fingerprint density at radius 1 is 0.726 bits per heavy atom. The van der Waals surface area contributed by atoms with Crippen LogP contribution in [0.1, 0.15) is 74.9 Å². The molecule has 0 saturated heterocycles. The number of ether oxygens (including phenoxy) is 2. The first-order chi connectivity index (χ1) is 35.1. The van der Waals surface area contributed by atoms with E-state index in [0.29, 0.717) is 22.5 Å². The molecular weight excluding hydrogens is 992 g/mol. The van der Waals surface area contributed by atoms with E-state index in [9.17, 15) is 18.0 Å². The Morgan fingerprint density at radius 3 is 1.81 bits per heavy atom. The van der Waals surface area contributed by atoms with Gasteiger partial charge in [0.25, 0.3) is 0 Å². The van der Waals surface area contributed by atoms with Gasteiger partial charge in [-0.25, -0.2) is 37.5 Å². The first-order valence-electron chi connectivity index (χ1n) is 23.4. The molecule has 5 N–H and O–H groups in total. The van der Waals surface area contributed by atoms with Gasteiger partial charge in [0.05, 0.1) is 25.6 Å². The number of methoxy groups -OCH3 is 2. The maximum atomic E-state index is 12.9. The molecule has 8 aromatic rings. The van der Waals surface area contributed by atoms with Gasteiger partial charge >= 0.3 is 12.1 Å². The normalized spacial score (nSPS) is 13.7. The summed E-state index contributed by atoms with van der Waals surface area (Å²) < 4.78 is 53.5. The Labute approximate surface area is 430 Å². The van der Waals surface area contributed by atoms with Crippen molar-refractivity contribution < 1.29 is 27.5 Å². The summed E-state index contributed by atoms with van der Waals surface area (Å²) in [5.74, 6) is 0.962. The van der Waals surface area contributed by atoms with E-state index in [1.807, 2.05) is 82.3 Å². The van der Waals surface area contributed by atoms with Gasteiger partial charge < -0.3 is 20.1 Å². The van der Waals surface area contributed by atoms with Crippen molar-refractivity contribution in [1.82, 2.24) is 53.5 Å². The molecule has 0 aliphatic heterocycles. The van der Waals surface area contributed by atoms with Crippen molar-refractivity contribution in [1.29, 1.82) is 4.78 Å². The third-order valence-electron chi connectivity index (χ3n) is 12.0. The minimum atomic E-state index is -3.62. The van der Waals surface area contributed by atoms with Crippen molar-refractivity contribution in [2.75, 3.05) is 24.9 Å². The molecule has 0 radical (unpaired) electrons. The molecule has 380 valence electrons. The number of anilines is 2. The highest BCUT2D eigenvalue weighted by Crippen LogP contribution is 2.40. The monoisotopic (exact) mass is 1050 g/mol. The topological polar surface area (TPSA) is 251 Å². The molecule has 0 saturated carbocycles. The fraction of sp³-hybridized carbons (Fsp3) is 0.280. The van der Waals surface area contributed by atoms with Gasteiger partial charge in [-0.1, -0.05) is 36.4 Å². The number of nitrogens with one attached hydrogen (secondary N) is 5. The van der Waals surface area contributed by atoms with Gasteiger partial charge in [0, 0.05) is 71.9 Å². The SMILES string of the molecule is COc1cc(-c2ccc3c(c2NC(=O)NS(=N)(=O)c2ccn(C(C)C)n2)CCC3)ccn1.COc1cc(-c2ccc3c(c2NC(=O)NS(=O)c2ccn(C(C)C)n2)CCC3)ccn1.Cln1nnc2ccccc21. The molecule has 2 aliphatic carbocycles. The summed E-state index contributed by atoms with van der Waals surface area (Å²) in [6, 6.07) is 25.1. The number of nitrogens with zero attached hydrogens (tertiary/aromatic N) is 9. The number of amides is 4. The number of carbonyl (C=O) groups excluding carboxylic acids is 2. The van der Waals surface area contributed by atoms with Crippen molar-refractivity contribution in [3.8, 4) is 34.0 Å². The Morgan fingerprint density at radius 2 is 1.27 bits per heavy atom. The van der Waals surface area contributed by atoms with Crippen molar-refractivity contribution in [3.05, 3.63) is 132 Å². The van der Waals surface area contributed by atoms with E-state index in [0.717, 1.165) is 88.6 Å². The lowest BCUT2D eigenvalue weighted by molar-refractivity contribution is 0.256. The summed E-state index contributed by atoms with van der Waals surface area (Å²) in [6.07, 6.45) is 12.4. The summed E-state index contributed by atoms with van der Waals surface area (Å²) in [5.41, 5.74) is 11.0. The molecule has 5 heterocycles. The number of aryl methyl sites for hydroxylation is 2. The molecule has 0 spiro atoms. The molecule has 2 atom stereocenters. The zero-order valence-electron chi connectivity index (χ0n) is 41.0. The van der Waals surface area contributed by atoms with Gasteiger partial charge in [-0.15, -0.1) is 5.10 Å². The standard InChI is InChI=1S/C22H26N6O3S.C22H25N5O3S.C6H4ClN3/c1-14(2)28-12-10-20(26-28)32(23,30)27-22(29)25-21-17-6-4-5-15(17)7-8-18(21)16-9-11-24-19(13-16)31-3;1-14(2)27-12-10-20(25-27)31(29)26-22(28)24-21-17-6-4-5-15(17)7-8-18(21)16-9-11-23-19(13-16)30-3;7-10-6-4-2-1-3-5(6)8-9-10/h7-14H,4-6H2,1-3H3,(H3,23,25,27,29,30);7-14H,4-6H2,1-3H3,(H2,24,26,28);1-4H. The summed E-state index contributed by atoms with van der Waals surface area (Å²) >= 11 is 5.62. The summed E-state index contributed by atoms with van der Waals surface area (Å²) in [5, 5.41) is 22.0. The number of fused-ring (bicyclic) bond motifs is 3. The molecule has 2 aliphatic rings. The number of aromatic nitrogens is 9. The molecule has 20 nitrogen and oxygen atoms in total. The number of halogens is 1. The van der Waals surface area contributed by atoms with Crippen LogP contribution in [0.25, 0.3) is 33.3 Å². The Hall–Kier alpha value is -7.69. The second kappa shape index (κ2) is 22.8.